The lowest BCUT2D eigenvalue weighted by molar-refractivity contribution is -0.125. The van der Waals surface area contributed by atoms with Gasteiger partial charge in [-0.25, -0.2) is 0 Å². The van der Waals surface area contributed by atoms with Crippen molar-refractivity contribution in [1.29, 1.82) is 0 Å². The number of hydrogen-bond donors (Lipinski definition) is 2. The lowest BCUT2D eigenvalue weighted by Crippen LogP contribution is -2.32. The molecule has 0 spiro atoms. The zero-order valence-corrected chi connectivity index (χ0v) is 20.1. The summed E-state index contributed by atoms with van der Waals surface area (Å²) in [5.41, 5.74) is 8.26. The van der Waals surface area contributed by atoms with E-state index in [9.17, 15) is 4.79 Å². The predicted octanol–water partition coefficient (Wildman–Crippen LogP) is 4.44. The van der Waals surface area contributed by atoms with Crippen molar-refractivity contribution in [1.82, 2.24) is 5.32 Å². The zero-order valence-electron chi connectivity index (χ0n) is 20.1. The van der Waals surface area contributed by atoms with Gasteiger partial charge in [0.25, 0.3) is 0 Å². The number of ether oxygens (including phenoxy) is 2. The maximum atomic E-state index is 12.5. The van der Waals surface area contributed by atoms with E-state index in [1.54, 1.807) is 0 Å². The normalized spacial score (nSPS) is 25.2. The van der Waals surface area contributed by atoms with Crippen LogP contribution < -0.4 is 25.4 Å². The molecule has 1 saturated heterocycles. The summed E-state index contributed by atoms with van der Waals surface area (Å²) in [6, 6.07) is 16.7. The summed E-state index contributed by atoms with van der Waals surface area (Å²) >= 11 is 0. The van der Waals surface area contributed by atoms with Crippen LogP contribution in [0.2, 0.25) is 0 Å². The molecule has 1 heterocycles. The Bertz CT molecular complexity index is 958. The molecule has 182 valence electrons. The summed E-state index contributed by atoms with van der Waals surface area (Å²) in [7, 11) is 0. The second-order valence-corrected chi connectivity index (χ2v) is 10.3. The molecule has 2 saturated carbocycles. The van der Waals surface area contributed by atoms with Gasteiger partial charge in [-0.3, -0.25) is 4.79 Å². The summed E-state index contributed by atoms with van der Waals surface area (Å²) in [6.07, 6.45) is 6.41. The van der Waals surface area contributed by atoms with Crippen molar-refractivity contribution in [2.45, 2.75) is 63.6 Å². The van der Waals surface area contributed by atoms with E-state index in [0.717, 1.165) is 68.4 Å². The predicted molar refractivity (Wildman–Crippen MR) is 134 cm³/mol. The topological polar surface area (TPSA) is 76.8 Å². The number of carbonyl (C=O) groups excluding carboxylic acids is 1. The van der Waals surface area contributed by atoms with Gasteiger partial charge in [0.15, 0.2) is 0 Å². The van der Waals surface area contributed by atoms with Gasteiger partial charge in [-0.05, 0) is 86.9 Å². The zero-order chi connectivity index (χ0) is 23.5. The minimum atomic E-state index is -0.0310. The van der Waals surface area contributed by atoms with Crippen LogP contribution >= 0.6 is 0 Å². The second-order valence-electron chi connectivity index (χ2n) is 10.3. The Labute approximate surface area is 202 Å². The number of carbonyl (C=O) groups is 1. The van der Waals surface area contributed by atoms with Crippen LogP contribution in [0.15, 0.2) is 48.5 Å². The van der Waals surface area contributed by atoms with Gasteiger partial charge in [0.1, 0.15) is 17.6 Å². The van der Waals surface area contributed by atoms with E-state index in [-0.39, 0.29) is 30.0 Å². The van der Waals surface area contributed by atoms with Crippen LogP contribution in [0.25, 0.3) is 0 Å². The molecule has 0 aromatic heterocycles. The van der Waals surface area contributed by atoms with Gasteiger partial charge in [0, 0.05) is 30.6 Å². The molecule has 3 aliphatic rings. The van der Waals surface area contributed by atoms with Gasteiger partial charge in [0.2, 0.25) is 5.91 Å². The van der Waals surface area contributed by atoms with Crippen LogP contribution in [0, 0.1) is 11.8 Å². The molecule has 4 unspecified atom stereocenters. The average Bonchev–Trinajstić information content (AvgIpc) is 3.39. The summed E-state index contributed by atoms with van der Waals surface area (Å²) in [4.78, 5) is 14.9. The number of rotatable bonds is 9. The highest BCUT2D eigenvalue weighted by Gasteiger charge is 2.29. The molecule has 4 atom stereocenters. The largest absolute Gasteiger partial charge is 0.493 e. The second kappa shape index (κ2) is 10.3. The third kappa shape index (κ3) is 5.84. The van der Waals surface area contributed by atoms with Crippen LogP contribution in [0.1, 0.15) is 57.1 Å². The fraction of sp³-hybridized carbons (Fsp3) is 0.536. The molecule has 3 N–H and O–H groups in total. The van der Waals surface area contributed by atoms with Gasteiger partial charge >= 0.3 is 0 Å². The number of nitrogens with two attached hydrogens (primary N) is 1. The fourth-order valence-electron chi connectivity index (χ4n) is 5.01. The first-order valence-corrected chi connectivity index (χ1v) is 12.8. The van der Waals surface area contributed by atoms with Crippen molar-refractivity contribution in [2.75, 3.05) is 24.6 Å². The van der Waals surface area contributed by atoms with Crippen molar-refractivity contribution >= 4 is 11.6 Å². The molecule has 2 aromatic carbocycles. The molecule has 1 amide bonds. The van der Waals surface area contributed by atoms with Crippen LogP contribution in [0.4, 0.5) is 5.69 Å². The van der Waals surface area contributed by atoms with Crippen molar-refractivity contribution in [3.8, 4) is 11.5 Å². The van der Waals surface area contributed by atoms with Crippen molar-refractivity contribution in [3.05, 3.63) is 54.1 Å². The van der Waals surface area contributed by atoms with E-state index < -0.39 is 0 Å². The van der Waals surface area contributed by atoms with Crippen LogP contribution in [0.5, 0.6) is 11.5 Å². The Kier molecular flexibility index (Phi) is 6.95. The monoisotopic (exact) mass is 463 g/mol. The minimum absolute atomic E-state index is 0.0310. The lowest BCUT2D eigenvalue weighted by Gasteiger charge is -2.20. The van der Waals surface area contributed by atoms with Gasteiger partial charge in [0.05, 0.1) is 19.2 Å². The maximum Gasteiger partial charge on any atom is 0.223 e. The first-order chi connectivity index (χ1) is 16.5. The Morgan fingerprint density at radius 2 is 1.76 bits per heavy atom. The van der Waals surface area contributed by atoms with Crippen molar-refractivity contribution in [3.63, 3.8) is 0 Å². The number of anilines is 1. The van der Waals surface area contributed by atoms with E-state index in [1.165, 1.54) is 18.5 Å². The Morgan fingerprint density at radius 3 is 2.44 bits per heavy atom. The molecular formula is C28H37N3O3. The van der Waals surface area contributed by atoms with E-state index in [2.05, 4.69) is 34.5 Å². The van der Waals surface area contributed by atoms with E-state index >= 15 is 0 Å². The number of hydrogen-bond acceptors (Lipinski definition) is 5. The molecule has 3 fully saturated rings. The average molecular weight is 464 g/mol. The highest BCUT2D eigenvalue weighted by molar-refractivity contribution is 5.79. The Morgan fingerprint density at radius 1 is 1.03 bits per heavy atom. The summed E-state index contributed by atoms with van der Waals surface area (Å²) < 4.78 is 12.1. The molecule has 5 rings (SSSR count). The molecule has 34 heavy (non-hydrogen) atoms. The first-order valence-electron chi connectivity index (χ1n) is 12.8. The van der Waals surface area contributed by atoms with E-state index in [1.807, 2.05) is 31.2 Å². The van der Waals surface area contributed by atoms with E-state index in [4.69, 9.17) is 15.2 Å². The Hall–Kier alpha value is -2.73. The molecular weight excluding hydrogens is 426 g/mol. The highest BCUT2D eigenvalue weighted by atomic mass is 16.5. The number of amides is 1. The SMILES string of the molecule is CC(NC(=O)C1CCC(N)C1)c1ccc(OC2CCN(c3ccc(OCC4CC4)cc3)C2)cc1. The molecule has 0 bridgehead atoms. The minimum Gasteiger partial charge on any atom is -0.493 e. The molecule has 2 aliphatic carbocycles. The smallest absolute Gasteiger partial charge is 0.223 e. The Balaban J connectivity index is 1.09. The van der Waals surface area contributed by atoms with Crippen molar-refractivity contribution < 1.29 is 14.3 Å². The van der Waals surface area contributed by atoms with Crippen molar-refractivity contribution in [2.24, 2.45) is 17.6 Å². The van der Waals surface area contributed by atoms with Gasteiger partial charge in [-0.1, -0.05) is 12.1 Å². The summed E-state index contributed by atoms with van der Waals surface area (Å²) in [6.45, 7) is 4.73. The van der Waals surface area contributed by atoms with Gasteiger partial charge in [-0.2, -0.15) is 0 Å². The molecule has 6 nitrogen and oxygen atoms in total. The third-order valence-electron chi connectivity index (χ3n) is 7.42. The highest BCUT2D eigenvalue weighted by Crippen LogP contribution is 2.31. The summed E-state index contributed by atoms with van der Waals surface area (Å²) in [5, 5.41) is 3.14. The number of benzene rings is 2. The fourth-order valence-corrected chi connectivity index (χ4v) is 5.01. The third-order valence-corrected chi connectivity index (χ3v) is 7.42. The van der Waals surface area contributed by atoms with Crippen LogP contribution in [0.3, 0.4) is 0 Å². The first kappa shape index (κ1) is 23.0. The van der Waals surface area contributed by atoms with Gasteiger partial charge < -0.3 is 25.4 Å². The summed E-state index contributed by atoms with van der Waals surface area (Å²) in [5.74, 6) is 2.77. The molecule has 6 heteroatoms. The van der Waals surface area contributed by atoms with E-state index in [0.29, 0.717) is 0 Å². The molecule has 0 radical (unpaired) electrons. The quantitative estimate of drug-likeness (QED) is 0.575. The lowest BCUT2D eigenvalue weighted by atomic mass is 10.0. The number of nitrogens with zero attached hydrogens (tertiary/aromatic N) is 1. The maximum absolute atomic E-state index is 12.5. The van der Waals surface area contributed by atoms with Gasteiger partial charge in [-0.15, -0.1) is 0 Å². The molecule has 1 aliphatic heterocycles. The standard InChI is InChI=1S/C28H37N3O3/c1-19(30-28(32)22-4-7-23(29)16-22)21-5-10-26(11-6-21)34-27-14-15-31(17-27)24-8-12-25(13-9-24)33-18-20-2-3-20/h5-6,8-13,19-20,22-23,27H,2-4,7,14-18,29H2,1H3,(H,30,32). The number of nitrogens with one attached hydrogen (secondary N) is 1. The van der Waals surface area contributed by atoms with Crippen LogP contribution in [-0.2, 0) is 4.79 Å². The molecule has 2 aromatic rings. The van der Waals surface area contributed by atoms with Crippen LogP contribution in [-0.4, -0.2) is 37.7 Å².